The first kappa shape index (κ1) is 29.4. The molecule has 0 aliphatic heterocycles. The molecule has 0 unspecified atom stereocenters. The van der Waals surface area contributed by atoms with E-state index >= 15 is 0 Å². The maximum absolute atomic E-state index is 2.44. The van der Waals surface area contributed by atoms with Crippen LogP contribution >= 0.6 is 0 Å². The van der Waals surface area contributed by atoms with Crippen molar-refractivity contribution in [3.05, 3.63) is 194 Å². The average Bonchev–Trinajstić information content (AvgIpc) is 3.78. The van der Waals surface area contributed by atoms with Crippen LogP contribution in [0.25, 0.3) is 109 Å². The van der Waals surface area contributed by atoms with E-state index in [1.807, 2.05) is 0 Å². The standard InChI is InChI=1S/C52H32N2/c1-5-13-41-35(9-1)21-29-45-49(41)50-42-14-6-2-10-36(42)22-30-46(50)53(45)39-25-17-33(18-26-39)34-19-27-40(28-20-34)54-47-31-23-37-11-3-7-15-43(37)51(47)52-44-16-8-4-12-38(44)24-32-48(52)54/h1-32H. The molecular weight excluding hydrogens is 653 g/mol. The SMILES string of the molecule is c1ccc2c(c1)ccc1c2c2c3ccccc3ccc2n1-c1ccc(-c2ccc(-n3c4ccc5ccccc5c4c4c5ccccc5ccc43)cc2)cc1. The van der Waals surface area contributed by atoms with Gasteiger partial charge in [-0.1, -0.05) is 146 Å². The van der Waals surface area contributed by atoms with Crippen LogP contribution in [0.5, 0.6) is 0 Å². The zero-order chi connectivity index (χ0) is 35.3. The lowest BCUT2D eigenvalue weighted by Crippen LogP contribution is -1.95. The molecule has 0 saturated carbocycles. The van der Waals surface area contributed by atoms with Crippen molar-refractivity contribution in [3.63, 3.8) is 0 Å². The smallest absolute Gasteiger partial charge is 0.0547 e. The largest absolute Gasteiger partial charge is 0.309 e. The van der Waals surface area contributed by atoms with Gasteiger partial charge in [0.2, 0.25) is 0 Å². The molecule has 250 valence electrons. The second-order valence-corrected chi connectivity index (χ2v) is 14.5. The van der Waals surface area contributed by atoms with Gasteiger partial charge in [0.1, 0.15) is 0 Å². The number of aromatic nitrogens is 2. The van der Waals surface area contributed by atoms with E-state index in [9.17, 15) is 0 Å². The normalized spacial score (nSPS) is 12.1. The molecule has 0 amide bonds. The minimum atomic E-state index is 1.16. The molecule has 54 heavy (non-hydrogen) atoms. The number of nitrogens with zero attached hydrogens (tertiary/aromatic N) is 2. The Labute approximate surface area is 311 Å². The van der Waals surface area contributed by atoms with E-state index in [1.54, 1.807) is 0 Å². The highest BCUT2D eigenvalue weighted by molar-refractivity contribution is 6.29. The molecule has 0 bridgehead atoms. The molecule has 2 aromatic heterocycles. The Kier molecular flexibility index (Phi) is 6.09. The van der Waals surface area contributed by atoms with Gasteiger partial charge in [-0.2, -0.15) is 0 Å². The predicted octanol–water partition coefficient (Wildman–Crippen LogP) is 14.2. The summed E-state index contributed by atoms with van der Waals surface area (Å²) in [5, 5.41) is 15.4. The van der Waals surface area contributed by atoms with E-state index in [1.165, 1.54) is 97.8 Å². The summed E-state index contributed by atoms with van der Waals surface area (Å²) in [5.74, 6) is 0. The molecule has 0 spiro atoms. The number of fused-ring (bicyclic) bond motifs is 14. The van der Waals surface area contributed by atoms with Crippen LogP contribution in [0.4, 0.5) is 0 Å². The van der Waals surface area contributed by atoms with Gasteiger partial charge in [0.15, 0.2) is 0 Å². The molecule has 2 heteroatoms. The summed E-state index contributed by atoms with van der Waals surface area (Å²) in [6.07, 6.45) is 0. The molecule has 0 aliphatic rings. The topological polar surface area (TPSA) is 9.86 Å². The van der Waals surface area contributed by atoms with Gasteiger partial charge in [0.05, 0.1) is 22.1 Å². The van der Waals surface area contributed by atoms with E-state index in [0.29, 0.717) is 0 Å². The first-order valence-electron chi connectivity index (χ1n) is 18.7. The number of rotatable bonds is 3. The van der Waals surface area contributed by atoms with Crippen molar-refractivity contribution in [1.29, 1.82) is 0 Å². The van der Waals surface area contributed by atoms with Crippen LogP contribution in [0.15, 0.2) is 194 Å². The van der Waals surface area contributed by atoms with Crippen molar-refractivity contribution in [2.45, 2.75) is 0 Å². The van der Waals surface area contributed by atoms with Crippen LogP contribution in [0.1, 0.15) is 0 Å². The second kappa shape index (κ2) is 11.2. The lowest BCUT2D eigenvalue weighted by atomic mass is 10.00. The van der Waals surface area contributed by atoms with Crippen LogP contribution < -0.4 is 0 Å². The third-order valence-electron chi connectivity index (χ3n) is 11.7. The molecule has 12 aromatic rings. The van der Waals surface area contributed by atoms with Gasteiger partial charge < -0.3 is 9.13 Å². The fourth-order valence-corrected chi connectivity index (χ4v) is 9.26. The molecule has 0 N–H and O–H groups in total. The minimum absolute atomic E-state index is 1.16. The zero-order valence-electron chi connectivity index (χ0n) is 29.4. The summed E-state index contributed by atoms with van der Waals surface area (Å²) in [7, 11) is 0. The summed E-state index contributed by atoms with van der Waals surface area (Å²) >= 11 is 0. The number of hydrogen-bond donors (Lipinski definition) is 0. The predicted molar refractivity (Wildman–Crippen MR) is 231 cm³/mol. The van der Waals surface area contributed by atoms with Gasteiger partial charge in [0, 0.05) is 32.9 Å². The van der Waals surface area contributed by atoms with Crippen molar-refractivity contribution < 1.29 is 0 Å². The fraction of sp³-hybridized carbons (Fsp3) is 0. The molecular formula is C52H32N2. The Morgan fingerprint density at radius 1 is 0.222 bits per heavy atom. The highest BCUT2D eigenvalue weighted by Gasteiger charge is 2.19. The van der Waals surface area contributed by atoms with E-state index in [4.69, 9.17) is 0 Å². The van der Waals surface area contributed by atoms with Gasteiger partial charge in [-0.05, 0) is 103 Å². The van der Waals surface area contributed by atoms with E-state index in [-0.39, 0.29) is 0 Å². The van der Waals surface area contributed by atoms with Crippen molar-refractivity contribution >= 4 is 86.7 Å². The van der Waals surface area contributed by atoms with E-state index < -0.39 is 0 Å². The average molecular weight is 685 g/mol. The third-order valence-corrected chi connectivity index (χ3v) is 11.7. The highest BCUT2D eigenvalue weighted by atomic mass is 15.0. The van der Waals surface area contributed by atoms with Crippen LogP contribution in [0.3, 0.4) is 0 Å². The van der Waals surface area contributed by atoms with Crippen LogP contribution in [-0.4, -0.2) is 9.13 Å². The lowest BCUT2D eigenvalue weighted by molar-refractivity contribution is 1.18. The van der Waals surface area contributed by atoms with Gasteiger partial charge in [-0.3, -0.25) is 0 Å². The first-order valence-corrected chi connectivity index (χ1v) is 18.7. The second-order valence-electron chi connectivity index (χ2n) is 14.5. The van der Waals surface area contributed by atoms with Crippen molar-refractivity contribution in [2.75, 3.05) is 0 Å². The minimum Gasteiger partial charge on any atom is -0.309 e. The van der Waals surface area contributed by atoms with Crippen LogP contribution in [-0.2, 0) is 0 Å². The van der Waals surface area contributed by atoms with E-state index in [2.05, 4.69) is 203 Å². The number of benzene rings is 10. The molecule has 10 aromatic carbocycles. The van der Waals surface area contributed by atoms with Crippen molar-refractivity contribution in [2.24, 2.45) is 0 Å². The fourth-order valence-electron chi connectivity index (χ4n) is 9.26. The van der Waals surface area contributed by atoms with Gasteiger partial charge in [0.25, 0.3) is 0 Å². The maximum Gasteiger partial charge on any atom is 0.0547 e. The summed E-state index contributed by atoms with van der Waals surface area (Å²) in [5.41, 5.74) is 9.61. The molecule has 12 rings (SSSR count). The summed E-state index contributed by atoms with van der Waals surface area (Å²) in [6, 6.07) is 71.4. The monoisotopic (exact) mass is 684 g/mol. The Bertz CT molecular complexity index is 3050. The van der Waals surface area contributed by atoms with Crippen molar-refractivity contribution in [1.82, 2.24) is 9.13 Å². The summed E-state index contributed by atoms with van der Waals surface area (Å²) in [6.45, 7) is 0. The Morgan fingerprint density at radius 3 is 0.759 bits per heavy atom. The first-order chi connectivity index (χ1) is 26.8. The van der Waals surface area contributed by atoms with Crippen LogP contribution in [0, 0.1) is 0 Å². The Morgan fingerprint density at radius 2 is 0.481 bits per heavy atom. The molecule has 0 fully saturated rings. The summed E-state index contributed by atoms with van der Waals surface area (Å²) < 4.78 is 4.87. The molecule has 0 radical (unpaired) electrons. The third kappa shape index (κ3) is 4.11. The van der Waals surface area contributed by atoms with Crippen molar-refractivity contribution in [3.8, 4) is 22.5 Å². The lowest BCUT2D eigenvalue weighted by Gasteiger charge is -2.12. The van der Waals surface area contributed by atoms with Gasteiger partial charge in [-0.25, -0.2) is 0 Å². The van der Waals surface area contributed by atoms with Crippen LogP contribution in [0.2, 0.25) is 0 Å². The molecule has 2 heterocycles. The quantitative estimate of drug-likeness (QED) is 0.175. The molecule has 0 aliphatic carbocycles. The van der Waals surface area contributed by atoms with Gasteiger partial charge >= 0.3 is 0 Å². The Hall–Kier alpha value is -7.16. The summed E-state index contributed by atoms with van der Waals surface area (Å²) in [4.78, 5) is 0. The highest BCUT2D eigenvalue weighted by Crippen LogP contribution is 2.42. The zero-order valence-corrected chi connectivity index (χ0v) is 29.4. The van der Waals surface area contributed by atoms with E-state index in [0.717, 1.165) is 11.4 Å². The maximum atomic E-state index is 2.44. The number of hydrogen-bond acceptors (Lipinski definition) is 0. The van der Waals surface area contributed by atoms with Gasteiger partial charge in [-0.15, -0.1) is 0 Å². The molecule has 0 atom stereocenters. The molecule has 0 saturated heterocycles. The Balaban J connectivity index is 0.996. The molecule has 2 nitrogen and oxygen atoms in total.